The number of carbonyl (C=O) groups is 2. The minimum absolute atomic E-state index is 0.0599. The number of ether oxygens (including phenoxy) is 1. The highest BCUT2D eigenvalue weighted by Crippen LogP contribution is 2.40. The molecule has 2 aromatic carbocycles. The maximum Gasteiger partial charge on any atom is 0.316 e. The Bertz CT molecular complexity index is 1040. The lowest BCUT2D eigenvalue weighted by Gasteiger charge is -2.29. The van der Waals surface area contributed by atoms with Crippen molar-refractivity contribution in [2.75, 3.05) is 18.2 Å². The number of nitrogens with one attached hydrogen (secondary N) is 2. The minimum atomic E-state index is -0.554. The van der Waals surface area contributed by atoms with Gasteiger partial charge in [0.1, 0.15) is 0 Å². The second-order valence-corrected chi connectivity index (χ2v) is 7.53. The van der Waals surface area contributed by atoms with E-state index in [1.54, 1.807) is 19.1 Å². The number of rotatable bonds is 6. The first kappa shape index (κ1) is 21.2. The number of hydrogen-bond donors (Lipinski definition) is 2. The zero-order valence-corrected chi connectivity index (χ0v) is 17.5. The van der Waals surface area contributed by atoms with Crippen molar-refractivity contribution in [2.24, 2.45) is 0 Å². The van der Waals surface area contributed by atoms with Crippen LogP contribution in [0.4, 0.5) is 5.69 Å². The number of esters is 1. The summed E-state index contributed by atoms with van der Waals surface area (Å²) in [6.07, 6.45) is 0. The van der Waals surface area contributed by atoms with E-state index in [4.69, 9.17) is 4.74 Å². The first-order chi connectivity index (χ1) is 14.5. The van der Waals surface area contributed by atoms with Gasteiger partial charge in [0.15, 0.2) is 0 Å². The molecule has 1 aliphatic rings. The number of nitriles is 1. The van der Waals surface area contributed by atoms with Gasteiger partial charge >= 0.3 is 5.97 Å². The van der Waals surface area contributed by atoms with Gasteiger partial charge in [-0.2, -0.15) is 5.26 Å². The predicted octanol–water partition coefficient (Wildman–Crippen LogP) is 3.93. The third kappa shape index (κ3) is 4.73. The number of allylic oxidation sites excluding steroid dienone is 2. The first-order valence-electron chi connectivity index (χ1n) is 9.28. The Morgan fingerprint density at radius 2 is 1.77 bits per heavy atom. The molecule has 1 amide bonds. The average molecular weight is 420 g/mol. The summed E-state index contributed by atoms with van der Waals surface area (Å²) >= 11 is 1.19. The molecule has 1 aliphatic heterocycles. The standard InChI is InChI=1S/C23H21N3O3S/c1-15-20(22(28)26-17-11-7-4-8-12-17)21(16-9-5-3-6-10-16)18(13-24)23(25-15)30-14-19(27)29-2/h3-12,21,25H,14H2,1-2H3,(H,26,28). The van der Waals surface area contributed by atoms with E-state index in [0.29, 0.717) is 27.6 Å². The number of para-hydroxylation sites is 1. The lowest BCUT2D eigenvalue weighted by atomic mass is 9.82. The molecule has 1 atom stereocenters. The number of carbonyl (C=O) groups excluding carboxylic acids is 2. The molecule has 0 fully saturated rings. The summed E-state index contributed by atoms with van der Waals surface area (Å²) in [5.41, 5.74) is 2.97. The molecule has 2 N–H and O–H groups in total. The van der Waals surface area contributed by atoms with Crippen LogP contribution in [0.3, 0.4) is 0 Å². The Morgan fingerprint density at radius 1 is 1.13 bits per heavy atom. The van der Waals surface area contributed by atoms with Crippen LogP contribution in [0, 0.1) is 11.3 Å². The smallest absolute Gasteiger partial charge is 0.316 e. The molecule has 0 saturated heterocycles. The third-order valence-electron chi connectivity index (χ3n) is 4.62. The van der Waals surface area contributed by atoms with Gasteiger partial charge in [-0.15, -0.1) is 0 Å². The monoisotopic (exact) mass is 419 g/mol. The molecule has 30 heavy (non-hydrogen) atoms. The Labute approximate surface area is 179 Å². The van der Waals surface area contributed by atoms with E-state index in [1.165, 1.54) is 18.9 Å². The van der Waals surface area contributed by atoms with Gasteiger partial charge in [0, 0.05) is 17.0 Å². The van der Waals surface area contributed by atoms with Crippen molar-refractivity contribution in [1.82, 2.24) is 5.32 Å². The number of anilines is 1. The summed E-state index contributed by atoms with van der Waals surface area (Å²) in [6.45, 7) is 1.79. The minimum Gasteiger partial charge on any atom is -0.468 e. The van der Waals surface area contributed by atoms with Crippen molar-refractivity contribution in [3.05, 3.63) is 88.1 Å². The van der Waals surface area contributed by atoms with E-state index < -0.39 is 11.9 Å². The van der Waals surface area contributed by atoms with E-state index in [-0.39, 0.29) is 11.7 Å². The molecule has 0 aliphatic carbocycles. The van der Waals surface area contributed by atoms with Crippen LogP contribution in [0.2, 0.25) is 0 Å². The second-order valence-electron chi connectivity index (χ2n) is 6.55. The number of benzene rings is 2. The van der Waals surface area contributed by atoms with Gasteiger partial charge in [-0.05, 0) is 24.6 Å². The number of dihydropyridines is 1. The van der Waals surface area contributed by atoms with E-state index in [9.17, 15) is 14.9 Å². The molecule has 0 bridgehead atoms. The van der Waals surface area contributed by atoms with Crippen LogP contribution in [-0.2, 0) is 14.3 Å². The molecule has 0 aromatic heterocycles. The van der Waals surface area contributed by atoms with Crippen molar-refractivity contribution in [2.45, 2.75) is 12.8 Å². The summed E-state index contributed by atoms with van der Waals surface area (Å²) in [6, 6.07) is 20.8. The molecular formula is C23H21N3O3S. The van der Waals surface area contributed by atoms with Crippen LogP contribution in [0.5, 0.6) is 0 Å². The van der Waals surface area contributed by atoms with Crippen molar-refractivity contribution in [3.8, 4) is 6.07 Å². The average Bonchev–Trinajstić information content (AvgIpc) is 2.78. The molecule has 7 heteroatoms. The van der Waals surface area contributed by atoms with Gasteiger partial charge < -0.3 is 15.4 Å². The van der Waals surface area contributed by atoms with Gasteiger partial charge in [-0.25, -0.2) is 0 Å². The predicted molar refractivity (Wildman–Crippen MR) is 117 cm³/mol. The summed E-state index contributed by atoms with van der Waals surface area (Å²) < 4.78 is 4.71. The molecule has 6 nitrogen and oxygen atoms in total. The van der Waals surface area contributed by atoms with E-state index in [2.05, 4.69) is 16.7 Å². The Balaban J connectivity index is 2.02. The van der Waals surface area contributed by atoms with Gasteiger partial charge in [-0.1, -0.05) is 60.3 Å². The number of hydrogen-bond acceptors (Lipinski definition) is 6. The fourth-order valence-corrected chi connectivity index (χ4v) is 4.14. The first-order valence-corrected chi connectivity index (χ1v) is 10.3. The van der Waals surface area contributed by atoms with Crippen molar-refractivity contribution in [3.63, 3.8) is 0 Å². The summed E-state index contributed by atoms with van der Waals surface area (Å²) in [4.78, 5) is 24.8. The molecule has 3 rings (SSSR count). The molecule has 0 spiro atoms. The fraction of sp³-hybridized carbons (Fsp3) is 0.174. The SMILES string of the molecule is COC(=O)CSC1=C(C#N)C(c2ccccc2)C(C(=O)Nc2ccccc2)=C(C)N1. The lowest BCUT2D eigenvalue weighted by molar-refractivity contribution is -0.137. The molecular weight excluding hydrogens is 398 g/mol. The summed E-state index contributed by atoms with van der Waals surface area (Å²) in [5, 5.41) is 16.6. The normalized spacial score (nSPS) is 15.8. The Morgan fingerprint density at radius 3 is 2.37 bits per heavy atom. The number of amides is 1. The Hall–Kier alpha value is -3.50. The van der Waals surface area contributed by atoms with Crippen LogP contribution in [0.15, 0.2) is 82.5 Å². The molecule has 0 saturated carbocycles. The molecule has 2 aromatic rings. The van der Waals surface area contributed by atoms with E-state index >= 15 is 0 Å². The largest absolute Gasteiger partial charge is 0.468 e. The van der Waals surface area contributed by atoms with Crippen molar-refractivity contribution < 1.29 is 14.3 Å². The summed E-state index contributed by atoms with van der Waals surface area (Å²) in [5.74, 6) is -1.17. The fourth-order valence-electron chi connectivity index (χ4n) is 3.22. The zero-order valence-electron chi connectivity index (χ0n) is 16.6. The van der Waals surface area contributed by atoms with Crippen LogP contribution in [-0.4, -0.2) is 24.7 Å². The zero-order chi connectivity index (χ0) is 21.5. The van der Waals surface area contributed by atoms with Crippen LogP contribution in [0.1, 0.15) is 18.4 Å². The molecule has 152 valence electrons. The number of nitrogens with zero attached hydrogens (tertiary/aromatic N) is 1. The Kier molecular flexibility index (Phi) is 6.94. The van der Waals surface area contributed by atoms with E-state index in [1.807, 2.05) is 48.5 Å². The molecule has 0 radical (unpaired) electrons. The van der Waals surface area contributed by atoms with Crippen molar-refractivity contribution in [1.29, 1.82) is 5.26 Å². The number of thioether (sulfide) groups is 1. The quantitative estimate of drug-likeness (QED) is 0.690. The number of methoxy groups -OCH3 is 1. The van der Waals surface area contributed by atoms with Gasteiger partial charge in [0.05, 0.1) is 35.5 Å². The highest BCUT2D eigenvalue weighted by molar-refractivity contribution is 8.03. The molecule has 1 unspecified atom stereocenters. The van der Waals surface area contributed by atoms with Gasteiger partial charge in [-0.3, -0.25) is 9.59 Å². The van der Waals surface area contributed by atoms with E-state index in [0.717, 1.165) is 5.56 Å². The van der Waals surface area contributed by atoms with Gasteiger partial charge in [0.2, 0.25) is 0 Å². The second kappa shape index (κ2) is 9.81. The van der Waals surface area contributed by atoms with Crippen LogP contribution < -0.4 is 10.6 Å². The molecule has 1 heterocycles. The highest BCUT2D eigenvalue weighted by atomic mass is 32.2. The maximum atomic E-state index is 13.2. The maximum absolute atomic E-state index is 13.2. The summed E-state index contributed by atoms with van der Waals surface area (Å²) in [7, 11) is 1.32. The lowest BCUT2D eigenvalue weighted by Crippen LogP contribution is -2.31. The highest BCUT2D eigenvalue weighted by Gasteiger charge is 2.34. The topological polar surface area (TPSA) is 91.2 Å². The van der Waals surface area contributed by atoms with Gasteiger partial charge in [0.25, 0.3) is 5.91 Å². The van der Waals surface area contributed by atoms with Crippen LogP contribution >= 0.6 is 11.8 Å². The van der Waals surface area contributed by atoms with Crippen molar-refractivity contribution >= 4 is 29.3 Å². The van der Waals surface area contributed by atoms with Crippen LogP contribution in [0.25, 0.3) is 0 Å². The third-order valence-corrected chi connectivity index (χ3v) is 5.61.